The van der Waals surface area contributed by atoms with Gasteiger partial charge >= 0.3 is 0 Å². The van der Waals surface area contributed by atoms with E-state index < -0.39 is 0 Å². The van der Waals surface area contributed by atoms with Crippen LogP contribution in [0.2, 0.25) is 0 Å². The molecule has 388 valence electrons. The molecule has 4 heteroatoms. The first-order valence-corrected chi connectivity index (χ1v) is 29.4. The molecule has 1 atom stereocenters. The van der Waals surface area contributed by atoms with Crippen molar-refractivity contribution in [1.29, 1.82) is 0 Å². The lowest BCUT2D eigenvalue weighted by Gasteiger charge is -2.53. The molecular formula is C72H81BN2S. The van der Waals surface area contributed by atoms with E-state index in [1.165, 1.54) is 71.4 Å². The summed E-state index contributed by atoms with van der Waals surface area (Å²) in [5, 5.41) is 1.30. The highest BCUT2D eigenvalue weighted by atomic mass is 32.1. The van der Waals surface area contributed by atoms with Crippen LogP contribution in [0.25, 0.3) is 32.3 Å². The Morgan fingerprint density at radius 1 is 0.566 bits per heavy atom. The third kappa shape index (κ3) is 7.52. The number of nitrogens with zero attached hydrogens (tertiary/aromatic N) is 2. The first-order valence-electron chi connectivity index (χ1n) is 31.1. The SMILES string of the molecule is [2H]c1c([2H])c([2H])c(-c2ccccc2-c2cc3c4c(c2)N(c2ccc(C(C)(C)C)cc2)c2c(sc5cc6c(cc25)C(C)(C)CCC6(C)C)B4C2=C(C=C4C(C2)C(C)(C)CCC4(C)C)N3c2ccc3c(c2)C(C)(C)CCC3(C)C)c([2H])c1[2H]. The van der Waals surface area contributed by atoms with Crippen LogP contribution in [-0.4, -0.2) is 6.71 Å². The minimum atomic E-state index is -0.389. The van der Waals surface area contributed by atoms with Gasteiger partial charge < -0.3 is 9.80 Å². The molecule has 0 saturated heterocycles. The topological polar surface area (TPSA) is 6.48 Å². The lowest BCUT2D eigenvalue weighted by molar-refractivity contribution is 0.122. The number of hydrogen-bond acceptors (Lipinski definition) is 3. The molecule has 0 spiro atoms. The molecular weight excluding hydrogens is 936 g/mol. The Labute approximate surface area is 467 Å². The van der Waals surface area contributed by atoms with Gasteiger partial charge in [-0.2, -0.15) is 0 Å². The van der Waals surface area contributed by atoms with Gasteiger partial charge in [0.25, 0.3) is 6.71 Å². The van der Waals surface area contributed by atoms with Crippen molar-refractivity contribution < 1.29 is 6.85 Å². The number of anilines is 5. The predicted molar refractivity (Wildman–Crippen MR) is 330 cm³/mol. The Morgan fingerprint density at radius 2 is 1.12 bits per heavy atom. The third-order valence-electron chi connectivity index (χ3n) is 20.3. The number of rotatable bonds is 4. The lowest BCUT2D eigenvalue weighted by atomic mass is 9.33. The maximum absolute atomic E-state index is 9.38. The van der Waals surface area contributed by atoms with E-state index in [-0.39, 0.29) is 80.4 Å². The summed E-state index contributed by atoms with van der Waals surface area (Å²) in [7, 11) is 0. The van der Waals surface area contributed by atoms with Crippen LogP contribution in [0.15, 0.2) is 144 Å². The first-order chi connectivity index (χ1) is 37.8. The fourth-order valence-electron chi connectivity index (χ4n) is 15.0. The first kappa shape index (κ1) is 44.4. The molecule has 2 nitrogen and oxygen atoms in total. The second-order valence-corrected chi connectivity index (χ2v) is 30.1. The molecule has 13 rings (SSSR count). The van der Waals surface area contributed by atoms with E-state index in [1.807, 2.05) is 29.5 Å². The Balaban J connectivity index is 1.20. The molecule has 6 aromatic carbocycles. The fourth-order valence-corrected chi connectivity index (χ4v) is 16.4. The predicted octanol–water partition coefficient (Wildman–Crippen LogP) is 19.4. The number of allylic oxidation sites excluding steroid dienone is 3. The van der Waals surface area contributed by atoms with E-state index in [4.69, 9.17) is 4.11 Å². The Hall–Kier alpha value is -5.58. The summed E-state index contributed by atoms with van der Waals surface area (Å²) in [6, 6.07) is 33.3. The van der Waals surface area contributed by atoms with E-state index in [9.17, 15) is 2.74 Å². The smallest absolute Gasteiger partial charge is 0.260 e. The van der Waals surface area contributed by atoms with Gasteiger partial charge in [-0.15, -0.1) is 11.3 Å². The Bertz CT molecular complexity index is 3910. The van der Waals surface area contributed by atoms with E-state index >= 15 is 0 Å². The van der Waals surface area contributed by atoms with Crippen LogP contribution in [0.3, 0.4) is 0 Å². The molecule has 0 radical (unpaired) electrons. The summed E-state index contributed by atoms with van der Waals surface area (Å²) in [4.78, 5) is 5.27. The van der Waals surface area contributed by atoms with Gasteiger partial charge in [0.05, 0.1) is 12.5 Å². The number of benzene rings is 6. The van der Waals surface area contributed by atoms with Crippen molar-refractivity contribution in [1.82, 2.24) is 0 Å². The van der Waals surface area contributed by atoms with Crippen molar-refractivity contribution in [2.24, 2.45) is 16.7 Å². The van der Waals surface area contributed by atoms with Crippen LogP contribution in [0, 0.1) is 16.7 Å². The molecule has 1 aromatic heterocycles. The molecule has 1 fully saturated rings. The van der Waals surface area contributed by atoms with Gasteiger partial charge in [-0.05, 0) is 199 Å². The number of thiophene rings is 1. The molecule has 2 aliphatic heterocycles. The molecule has 76 heavy (non-hydrogen) atoms. The van der Waals surface area contributed by atoms with Gasteiger partial charge in [-0.25, -0.2) is 0 Å². The third-order valence-corrected chi connectivity index (χ3v) is 21.5. The van der Waals surface area contributed by atoms with Gasteiger partial charge in [0.2, 0.25) is 0 Å². The highest BCUT2D eigenvalue weighted by Crippen LogP contribution is 2.61. The van der Waals surface area contributed by atoms with E-state index in [0.29, 0.717) is 11.5 Å². The van der Waals surface area contributed by atoms with Crippen LogP contribution in [0.5, 0.6) is 0 Å². The largest absolute Gasteiger partial charge is 0.312 e. The highest BCUT2D eigenvalue weighted by Gasteiger charge is 2.53. The average Bonchev–Trinajstić information content (AvgIpc) is 2.57. The minimum absolute atomic E-state index is 0.00327. The highest BCUT2D eigenvalue weighted by molar-refractivity contribution is 7.32. The second-order valence-electron chi connectivity index (χ2n) is 29.0. The van der Waals surface area contributed by atoms with Crippen LogP contribution in [0.1, 0.15) is 183 Å². The van der Waals surface area contributed by atoms with E-state index in [2.05, 4.69) is 193 Å². The molecule has 4 aliphatic carbocycles. The second kappa shape index (κ2) is 16.5. The monoisotopic (exact) mass is 1020 g/mol. The summed E-state index contributed by atoms with van der Waals surface area (Å²) in [5.74, 6) is 0.369. The standard InChI is InChI=1S/C72H81BN2S/c1-66(2,3)46-25-27-47(28-26-46)75-61-38-45(50-24-20-19-23-49(50)44-21-17-16-18-22-44)37-60-63(61)73(65-64(75)51-40-54-57(43-62(51)76-65)72(14,15)36-33-69(54,8)9)58-41-55-56(71(12,13)35-34-70(55,10)11)42-59(58)74(60)48-29-30-52-53(39-48)68(6,7)32-31-67(52,4)5/h16-30,37-40,42-43,55H,31-36,41H2,1-15H3/i16D,17D,18D,21D,22D. The molecule has 0 N–H and O–H groups in total. The minimum Gasteiger partial charge on any atom is -0.312 e. The normalized spacial score (nSPS) is 22.9. The molecule has 7 aromatic rings. The van der Waals surface area contributed by atoms with Crippen LogP contribution in [0.4, 0.5) is 28.4 Å². The average molecular weight is 1020 g/mol. The van der Waals surface area contributed by atoms with Gasteiger partial charge in [0, 0.05) is 43.3 Å². The summed E-state index contributed by atoms with van der Waals surface area (Å²) in [5.41, 5.74) is 21.1. The zero-order valence-corrected chi connectivity index (χ0v) is 49.0. The molecule has 1 saturated carbocycles. The van der Waals surface area contributed by atoms with Crippen molar-refractivity contribution in [3.63, 3.8) is 0 Å². The number of fused-ring (bicyclic) bond motifs is 8. The summed E-state index contributed by atoms with van der Waals surface area (Å²) < 4.78 is 47.9. The molecule has 0 bridgehead atoms. The Morgan fingerprint density at radius 3 is 1.75 bits per heavy atom. The van der Waals surface area contributed by atoms with Gasteiger partial charge in [-0.3, -0.25) is 0 Å². The van der Waals surface area contributed by atoms with Gasteiger partial charge in [0.1, 0.15) is 0 Å². The van der Waals surface area contributed by atoms with Crippen molar-refractivity contribution in [2.45, 2.75) is 176 Å². The number of hydrogen-bond donors (Lipinski definition) is 0. The molecule has 0 amide bonds. The maximum atomic E-state index is 9.38. The van der Waals surface area contributed by atoms with Crippen molar-refractivity contribution in [2.75, 3.05) is 9.80 Å². The van der Waals surface area contributed by atoms with Crippen LogP contribution >= 0.6 is 11.3 Å². The zero-order chi connectivity index (χ0) is 57.8. The lowest BCUT2D eigenvalue weighted by Crippen LogP contribution is -2.56. The molecule has 6 aliphatic rings. The van der Waals surface area contributed by atoms with Crippen molar-refractivity contribution in [3.05, 3.63) is 172 Å². The van der Waals surface area contributed by atoms with Gasteiger partial charge in [0.15, 0.2) is 0 Å². The fraction of sp³-hybridized carbons (Fsp3) is 0.417. The Kier molecular flexibility index (Phi) is 9.63. The van der Waals surface area contributed by atoms with Crippen LogP contribution in [-0.2, 0) is 27.1 Å². The maximum Gasteiger partial charge on any atom is 0.260 e. The summed E-state index contributed by atoms with van der Waals surface area (Å²) in [6.07, 6.45) is 10.5. The molecule has 3 heterocycles. The quantitative estimate of drug-likeness (QED) is 0.162. The summed E-state index contributed by atoms with van der Waals surface area (Å²) in [6.45, 7) is 36.4. The zero-order valence-electron chi connectivity index (χ0n) is 53.1. The van der Waals surface area contributed by atoms with Crippen LogP contribution < -0.4 is 20.0 Å². The summed E-state index contributed by atoms with van der Waals surface area (Å²) >= 11 is 2.02. The van der Waals surface area contributed by atoms with E-state index in [1.54, 1.807) is 5.57 Å². The van der Waals surface area contributed by atoms with Gasteiger partial charge in [-0.1, -0.05) is 188 Å². The van der Waals surface area contributed by atoms with Crippen molar-refractivity contribution in [3.8, 4) is 22.3 Å². The van der Waals surface area contributed by atoms with E-state index in [0.717, 1.165) is 72.4 Å². The van der Waals surface area contributed by atoms with Crippen molar-refractivity contribution >= 4 is 66.8 Å². The molecule has 1 unspecified atom stereocenters.